The van der Waals surface area contributed by atoms with Crippen LogP contribution in [0.3, 0.4) is 0 Å². The second-order valence-corrected chi connectivity index (χ2v) is 11.4. The number of nitrogens with one attached hydrogen (secondary N) is 1. The lowest BCUT2D eigenvalue weighted by molar-refractivity contribution is -0.117. The summed E-state index contributed by atoms with van der Waals surface area (Å²) >= 11 is 6.14. The zero-order valence-electron chi connectivity index (χ0n) is 20.7. The number of nitrogens with zero attached hydrogens (tertiary/aromatic N) is 5. The molecule has 0 unspecified atom stereocenters. The molecule has 3 fully saturated rings. The van der Waals surface area contributed by atoms with Crippen molar-refractivity contribution in [1.82, 2.24) is 19.4 Å². The molecule has 2 aliphatic carbocycles. The molecule has 188 valence electrons. The molecule has 4 atom stereocenters. The third-order valence-corrected chi connectivity index (χ3v) is 8.23. The number of rotatable bonds is 6. The molecule has 2 saturated carbocycles. The number of amides is 1. The standard InChI is InChI=1S/C29H29ClN6O/c1-17-9-25(24-15-35-14-20(18-5-6-18)7-8-27(35)33-24)36(13-17)28-12-26(31-16-32-28)34-29(37)23-11-22(23)19-3-2-4-21(30)10-19/h2-4,7-8,10,12,14-18,22-23,25H,5-6,9,11,13H2,1H3,(H,31,32,34,37)/t17-,22-,23+,25-/m1/s1. The maximum absolute atomic E-state index is 13.0. The van der Waals surface area contributed by atoms with Gasteiger partial charge in [-0.25, -0.2) is 15.0 Å². The Labute approximate surface area is 220 Å². The molecule has 3 aromatic heterocycles. The van der Waals surface area contributed by atoms with E-state index in [4.69, 9.17) is 16.6 Å². The van der Waals surface area contributed by atoms with E-state index in [0.29, 0.717) is 22.7 Å². The average molecular weight is 513 g/mol. The van der Waals surface area contributed by atoms with Crippen molar-refractivity contribution in [3.63, 3.8) is 0 Å². The van der Waals surface area contributed by atoms with Gasteiger partial charge in [0.1, 0.15) is 23.6 Å². The van der Waals surface area contributed by atoms with Crippen LogP contribution in [-0.2, 0) is 4.79 Å². The lowest BCUT2D eigenvalue weighted by Crippen LogP contribution is -2.25. The zero-order chi connectivity index (χ0) is 25.1. The van der Waals surface area contributed by atoms with Gasteiger partial charge in [-0.05, 0) is 72.8 Å². The summed E-state index contributed by atoms with van der Waals surface area (Å²) in [5.74, 6) is 2.72. The van der Waals surface area contributed by atoms with Crippen molar-refractivity contribution in [1.29, 1.82) is 0 Å². The Morgan fingerprint density at radius 1 is 1.05 bits per heavy atom. The third-order valence-electron chi connectivity index (χ3n) is 8.00. The van der Waals surface area contributed by atoms with Crippen LogP contribution in [0, 0.1) is 11.8 Å². The van der Waals surface area contributed by atoms with Crippen molar-refractivity contribution in [2.75, 3.05) is 16.8 Å². The first-order chi connectivity index (χ1) is 18.0. The Kier molecular flexibility index (Phi) is 5.43. The number of halogens is 1. The molecule has 37 heavy (non-hydrogen) atoms. The second kappa shape index (κ2) is 8.84. The normalized spacial score (nSPS) is 25.0. The molecule has 0 spiro atoms. The molecule has 1 aromatic carbocycles. The maximum Gasteiger partial charge on any atom is 0.229 e. The van der Waals surface area contributed by atoms with E-state index in [1.807, 2.05) is 30.3 Å². The first-order valence-electron chi connectivity index (χ1n) is 13.2. The van der Waals surface area contributed by atoms with Crippen LogP contribution in [0.5, 0.6) is 0 Å². The first kappa shape index (κ1) is 22.7. The summed E-state index contributed by atoms with van der Waals surface area (Å²) in [6, 6.07) is 14.1. The number of fused-ring (bicyclic) bond motifs is 1. The van der Waals surface area contributed by atoms with Gasteiger partial charge < -0.3 is 14.6 Å². The SMILES string of the molecule is C[C@@H]1C[C@H](c2cn3cc(C4CC4)ccc3n2)N(c2cc(NC(=O)[C@H]3C[C@@H]3c3cccc(Cl)c3)ncn2)C1. The van der Waals surface area contributed by atoms with Gasteiger partial charge >= 0.3 is 0 Å². The molecule has 4 aromatic rings. The van der Waals surface area contributed by atoms with Gasteiger partial charge in [-0.15, -0.1) is 0 Å². The number of hydrogen-bond donors (Lipinski definition) is 1. The highest BCUT2D eigenvalue weighted by Crippen LogP contribution is 2.48. The fourth-order valence-corrected chi connectivity index (χ4v) is 6.01. The summed E-state index contributed by atoms with van der Waals surface area (Å²) in [6.07, 6.45) is 10.4. The summed E-state index contributed by atoms with van der Waals surface area (Å²) in [4.78, 5) is 29.2. The molecule has 1 amide bonds. The summed E-state index contributed by atoms with van der Waals surface area (Å²) in [5.41, 5.74) is 4.55. The van der Waals surface area contributed by atoms with Crippen LogP contribution < -0.4 is 10.2 Å². The molecule has 1 saturated heterocycles. The maximum atomic E-state index is 13.0. The van der Waals surface area contributed by atoms with E-state index >= 15 is 0 Å². The number of aromatic nitrogens is 4. The fourth-order valence-electron chi connectivity index (χ4n) is 5.81. The van der Waals surface area contributed by atoms with Crippen LogP contribution in [0.2, 0.25) is 5.02 Å². The number of pyridine rings is 1. The van der Waals surface area contributed by atoms with E-state index in [1.165, 1.54) is 24.7 Å². The molecule has 3 aliphatic rings. The molecule has 1 aliphatic heterocycles. The molecule has 0 radical (unpaired) electrons. The van der Waals surface area contributed by atoms with Gasteiger partial charge in [-0.1, -0.05) is 36.7 Å². The van der Waals surface area contributed by atoms with Crippen molar-refractivity contribution in [3.8, 4) is 0 Å². The highest BCUT2D eigenvalue weighted by molar-refractivity contribution is 6.30. The number of carbonyl (C=O) groups excluding carboxylic acids is 1. The lowest BCUT2D eigenvalue weighted by atomic mass is 10.1. The highest BCUT2D eigenvalue weighted by atomic mass is 35.5. The van der Waals surface area contributed by atoms with Gasteiger partial charge in [0.15, 0.2) is 0 Å². The Morgan fingerprint density at radius 2 is 1.95 bits per heavy atom. The summed E-state index contributed by atoms with van der Waals surface area (Å²) in [5, 5.41) is 3.72. The molecular formula is C29H29ClN6O. The minimum absolute atomic E-state index is 0.00668. The Bertz CT molecular complexity index is 1500. The largest absolute Gasteiger partial charge is 0.347 e. The smallest absolute Gasteiger partial charge is 0.229 e. The van der Waals surface area contributed by atoms with Crippen molar-refractivity contribution >= 4 is 34.8 Å². The van der Waals surface area contributed by atoms with E-state index in [9.17, 15) is 4.79 Å². The van der Waals surface area contributed by atoms with Gasteiger partial charge in [0.05, 0.1) is 11.7 Å². The Morgan fingerprint density at radius 3 is 2.78 bits per heavy atom. The number of anilines is 2. The number of benzene rings is 1. The van der Waals surface area contributed by atoms with Crippen LogP contribution in [0.4, 0.5) is 11.6 Å². The molecule has 7 rings (SSSR count). The van der Waals surface area contributed by atoms with E-state index in [-0.39, 0.29) is 23.8 Å². The first-order valence-corrected chi connectivity index (χ1v) is 13.5. The minimum Gasteiger partial charge on any atom is -0.347 e. The van der Waals surface area contributed by atoms with Crippen LogP contribution in [0.25, 0.3) is 5.65 Å². The summed E-state index contributed by atoms with van der Waals surface area (Å²) < 4.78 is 2.17. The van der Waals surface area contributed by atoms with E-state index in [1.54, 1.807) is 0 Å². The number of carbonyl (C=O) groups is 1. The van der Waals surface area contributed by atoms with Gasteiger partial charge in [0.25, 0.3) is 0 Å². The quantitative estimate of drug-likeness (QED) is 0.343. The van der Waals surface area contributed by atoms with Crippen LogP contribution in [0.1, 0.15) is 67.3 Å². The van der Waals surface area contributed by atoms with Gasteiger partial charge in [-0.2, -0.15) is 0 Å². The van der Waals surface area contributed by atoms with Gasteiger partial charge in [0.2, 0.25) is 5.91 Å². The Hall–Kier alpha value is -3.45. The molecular weight excluding hydrogens is 484 g/mol. The van der Waals surface area contributed by atoms with E-state index in [2.05, 4.69) is 56.0 Å². The number of imidazole rings is 1. The lowest BCUT2D eigenvalue weighted by Gasteiger charge is -2.24. The predicted molar refractivity (Wildman–Crippen MR) is 144 cm³/mol. The van der Waals surface area contributed by atoms with Crippen LogP contribution in [0.15, 0.2) is 61.2 Å². The second-order valence-electron chi connectivity index (χ2n) is 10.9. The molecule has 4 heterocycles. The van der Waals surface area contributed by atoms with Crippen LogP contribution >= 0.6 is 11.6 Å². The van der Waals surface area contributed by atoms with Gasteiger partial charge in [0, 0.05) is 35.9 Å². The van der Waals surface area contributed by atoms with Crippen molar-refractivity contribution in [2.24, 2.45) is 11.8 Å². The summed E-state index contributed by atoms with van der Waals surface area (Å²) in [6.45, 7) is 3.15. The Balaban J connectivity index is 1.09. The third kappa shape index (κ3) is 4.46. The van der Waals surface area contributed by atoms with Crippen LogP contribution in [-0.4, -0.2) is 31.8 Å². The molecule has 1 N–H and O–H groups in total. The van der Waals surface area contributed by atoms with Crippen molar-refractivity contribution in [3.05, 3.63) is 83.0 Å². The number of hydrogen-bond acceptors (Lipinski definition) is 5. The van der Waals surface area contributed by atoms with E-state index in [0.717, 1.165) is 42.1 Å². The molecule has 0 bridgehead atoms. The molecule has 7 nitrogen and oxygen atoms in total. The average Bonchev–Trinajstić information content (AvgIpc) is 3.81. The highest BCUT2D eigenvalue weighted by Gasteiger charge is 2.44. The molecule has 8 heteroatoms. The summed E-state index contributed by atoms with van der Waals surface area (Å²) in [7, 11) is 0. The zero-order valence-corrected chi connectivity index (χ0v) is 21.5. The van der Waals surface area contributed by atoms with E-state index < -0.39 is 0 Å². The van der Waals surface area contributed by atoms with Gasteiger partial charge in [-0.3, -0.25) is 4.79 Å². The minimum atomic E-state index is -0.0602. The predicted octanol–water partition coefficient (Wildman–Crippen LogP) is 5.98. The van der Waals surface area contributed by atoms with Crippen molar-refractivity contribution in [2.45, 2.75) is 50.5 Å². The fraction of sp³-hybridized carbons (Fsp3) is 0.379. The monoisotopic (exact) mass is 512 g/mol. The topological polar surface area (TPSA) is 75.4 Å². The van der Waals surface area contributed by atoms with Crippen molar-refractivity contribution < 1.29 is 4.79 Å².